The molecule has 0 fully saturated rings. The maximum atomic E-state index is 14.2. The summed E-state index contributed by atoms with van der Waals surface area (Å²) in [5.74, 6) is -0.242. The van der Waals surface area contributed by atoms with E-state index < -0.39 is 0 Å². The SMILES string of the molecule is CCCCN(CC(=O)N1c2ccccc2-n2cccc2C1c1ccc(C)cc1)C(=O)c1cccc(Br)c1. The molecular weight excluding hydrogens is 526 g/mol. The van der Waals surface area contributed by atoms with Crippen molar-refractivity contribution in [2.75, 3.05) is 18.0 Å². The van der Waals surface area contributed by atoms with Crippen LogP contribution in [0.15, 0.2) is 95.6 Å². The Labute approximate surface area is 226 Å². The van der Waals surface area contributed by atoms with Gasteiger partial charge >= 0.3 is 0 Å². The summed E-state index contributed by atoms with van der Waals surface area (Å²) in [5, 5.41) is 0. The fraction of sp³-hybridized carbons (Fsp3) is 0.226. The highest BCUT2D eigenvalue weighted by Gasteiger charge is 2.37. The standard InChI is InChI=1S/C31H30BrN3O2/c1-3-4-18-33(31(37)24-9-7-10-25(32)20-24)21-29(36)35-27-12-6-5-11-26(27)34-19-8-13-28(34)30(35)23-16-14-22(2)15-17-23/h5-17,19-20,30H,3-4,18,21H2,1-2H3. The highest BCUT2D eigenvalue weighted by Crippen LogP contribution is 2.42. The first-order chi connectivity index (χ1) is 18.0. The van der Waals surface area contributed by atoms with Gasteiger partial charge in [0.25, 0.3) is 5.91 Å². The van der Waals surface area contributed by atoms with Crippen LogP contribution in [0.4, 0.5) is 5.69 Å². The van der Waals surface area contributed by atoms with E-state index in [1.54, 1.807) is 11.0 Å². The third kappa shape index (κ3) is 4.98. The molecule has 2 amide bonds. The topological polar surface area (TPSA) is 45.6 Å². The second kappa shape index (κ2) is 10.8. The van der Waals surface area contributed by atoms with Crippen molar-refractivity contribution in [2.45, 2.75) is 32.7 Å². The summed E-state index contributed by atoms with van der Waals surface area (Å²) in [6, 6.07) is 27.5. The van der Waals surface area contributed by atoms with Crippen molar-refractivity contribution in [3.05, 3.63) is 118 Å². The van der Waals surface area contributed by atoms with Gasteiger partial charge in [-0.05, 0) is 61.4 Å². The first kappa shape index (κ1) is 25.0. The van der Waals surface area contributed by atoms with E-state index in [0.29, 0.717) is 12.1 Å². The number of fused-ring (bicyclic) bond motifs is 3. The molecule has 1 aliphatic rings. The highest BCUT2D eigenvalue weighted by molar-refractivity contribution is 9.10. The Kier molecular flexibility index (Phi) is 7.28. The van der Waals surface area contributed by atoms with Gasteiger partial charge in [-0.1, -0.05) is 77.3 Å². The molecule has 4 aromatic rings. The van der Waals surface area contributed by atoms with Gasteiger partial charge in [-0.3, -0.25) is 14.5 Å². The maximum absolute atomic E-state index is 14.2. The van der Waals surface area contributed by atoms with Crippen LogP contribution in [0.25, 0.3) is 5.69 Å². The lowest BCUT2D eigenvalue weighted by atomic mass is 9.97. The van der Waals surface area contributed by atoms with Gasteiger partial charge in [0.05, 0.1) is 17.1 Å². The third-order valence-electron chi connectivity index (χ3n) is 6.85. The lowest BCUT2D eigenvalue weighted by Gasteiger charge is -2.39. The van der Waals surface area contributed by atoms with Crippen LogP contribution in [0.3, 0.4) is 0 Å². The van der Waals surface area contributed by atoms with E-state index in [1.807, 2.05) is 59.6 Å². The van der Waals surface area contributed by atoms with Crippen molar-refractivity contribution in [1.29, 1.82) is 0 Å². The molecule has 1 aromatic heterocycles. The second-order valence-electron chi connectivity index (χ2n) is 9.46. The zero-order valence-corrected chi connectivity index (χ0v) is 22.7. The largest absolute Gasteiger partial charge is 0.329 e. The van der Waals surface area contributed by atoms with Crippen LogP contribution in [0, 0.1) is 6.92 Å². The first-order valence-corrected chi connectivity index (χ1v) is 13.5. The minimum Gasteiger partial charge on any atom is -0.329 e. The van der Waals surface area contributed by atoms with Gasteiger partial charge in [-0.2, -0.15) is 0 Å². The summed E-state index contributed by atoms with van der Waals surface area (Å²) in [7, 11) is 0. The van der Waals surface area contributed by atoms with Crippen LogP contribution < -0.4 is 4.90 Å². The highest BCUT2D eigenvalue weighted by atomic mass is 79.9. The molecule has 0 saturated carbocycles. The molecule has 188 valence electrons. The normalized spacial score (nSPS) is 14.1. The summed E-state index contributed by atoms with van der Waals surface area (Å²) in [6.07, 6.45) is 3.80. The summed E-state index contributed by atoms with van der Waals surface area (Å²) >= 11 is 3.47. The van der Waals surface area contributed by atoms with Gasteiger partial charge in [-0.15, -0.1) is 0 Å². The number of para-hydroxylation sites is 2. The smallest absolute Gasteiger partial charge is 0.254 e. The number of rotatable bonds is 7. The Morgan fingerprint density at radius 3 is 2.41 bits per heavy atom. The zero-order chi connectivity index (χ0) is 25.9. The predicted octanol–water partition coefficient (Wildman–Crippen LogP) is 6.93. The fourth-order valence-corrected chi connectivity index (χ4v) is 5.37. The summed E-state index contributed by atoms with van der Waals surface area (Å²) in [4.78, 5) is 31.3. The summed E-state index contributed by atoms with van der Waals surface area (Å²) in [6.45, 7) is 4.67. The Morgan fingerprint density at radius 2 is 1.68 bits per heavy atom. The monoisotopic (exact) mass is 555 g/mol. The van der Waals surface area contributed by atoms with Crippen LogP contribution in [0.5, 0.6) is 0 Å². The van der Waals surface area contributed by atoms with Crippen molar-refractivity contribution in [3.63, 3.8) is 0 Å². The lowest BCUT2D eigenvalue weighted by Crippen LogP contribution is -2.47. The minimum absolute atomic E-state index is 0.00273. The number of hydrogen-bond acceptors (Lipinski definition) is 2. The Balaban J connectivity index is 1.55. The minimum atomic E-state index is -0.299. The van der Waals surface area contributed by atoms with E-state index in [0.717, 1.165) is 39.9 Å². The van der Waals surface area contributed by atoms with Crippen LogP contribution in [-0.2, 0) is 4.79 Å². The molecule has 0 aliphatic carbocycles. The van der Waals surface area contributed by atoms with Gasteiger partial charge in [-0.25, -0.2) is 0 Å². The first-order valence-electron chi connectivity index (χ1n) is 12.7. The molecule has 0 saturated heterocycles. The number of hydrogen-bond donors (Lipinski definition) is 0. The Bertz CT molecular complexity index is 1430. The maximum Gasteiger partial charge on any atom is 0.254 e. The number of halogens is 1. The van der Waals surface area contributed by atoms with E-state index in [9.17, 15) is 9.59 Å². The predicted molar refractivity (Wildman–Crippen MR) is 151 cm³/mol. The molecule has 0 N–H and O–H groups in total. The number of amides is 2. The van der Waals surface area contributed by atoms with Gasteiger partial charge in [0.2, 0.25) is 5.91 Å². The van der Waals surface area contributed by atoms with Gasteiger partial charge in [0.1, 0.15) is 12.6 Å². The quantitative estimate of drug-likeness (QED) is 0.248. The molecule has 5 nitrogen and oxygen atoms in total. The van der Waals surface area contributed by atoms with Gasteiger partial charge in [0, 0.05) is 22.8 Å². The zero-order valence-electron chi connectivity index (χ0n) is 21.1. The molecule has 1 atom stereocenters. The van der Waals surface area contributed by atoms with Crippen molar-refractivity contribution in [3.8, 4) is 5.69 Å². The van der Waals surface area contributed by atoms with Crippen LogP contribution >= 0.6 is 15.9 Å². The second-order valence-corrected chi connectivity index (χ2v) is 10.4. The molecule has 1 aliphatic heterocycles. The van der Waals surface area contributed by atoms with E-state index >= 15 is 0 Å². The fourth-order valence-electron chi connectivity index (χ4n) is 4.97. The van der Waals surface area contributed by atoms with E-state index in [-0.39, 0.29) is 24.4 Å². The number of unbranched alkanes of at least 4 members (excludes halogenated alkanes) is 1. The molecule has 1 unspecified atom stereocenters. The van der Waals surface area contributed by atoms with Crippen molar-refractivity contribution in [2.24, 2.45) is 0 Å². The van der Waals surface area contributed by atoms with Crippen molar-refractivity contribution >= 4 is 33.4 Å². The number of carbonyl (C=O) groups excluding carboxylic acids is 2. The van der Waals surface area contributed by atoms with Crippen LogP contribution in [-0.4, -0.2) is 34.4 Å². The summed E-state index contributed by atoms with van der Waals surface area (Å²) < 4.78 is 3.00. The molecule has 5 rings (SSSR count). The molecule has 2 heterocycles. The number of anilines is 1. The number of benzene rings is 3. The molecule has 0 radical (unpaired) electrons. The van der Waals surface area contributed by atoms with Crippen LogP contribution in [0.2, 0.25) is 0 Å². The Morgan fingerprint density at radius 1 is 0.919 bits per heavy atom. The molecule has 0 bridgehead atoms. The average molecular weight is 557 g/mol. The number of carbonyl (C=O) groups is 2. The van der Waals surface area contributed by atoms with E-state index in [4.69, 9.17) is 0 Å². The molecular formula is C31H30BrN3O2. The van der Waals surface area contributed by atoms with Crippen molar-refractivity contribution < 1.29 is 9.59 Å². The number of aromatic nitrogens is 1. The van der Waals surface area contributed by atoms with Gasteiger partial charge in [0.15, 0.2) is 0 Å². The molecule has 6 heteroatoms. The molecule has 3 aromatic carbocycles. The molecule has 0 spiro atoms. The van der Waals surface area contributed by atoms with E-state index in [2.05, 4.69) is 64.7 Å². The van der Waals surface area contributed by atoms with E-state index in [1.165, 1.54) is 5.56 Å². The lowest BCUT2D eigenvalue weighted by molar-refractivity contribution is -0.119. The summed E-state index contributed by atoms with van der Waals surface area (Å²) in [5.41, 5.74) is 5.59. The van der Waals surface area contributed by atoms with Crippen molar-refractivity contribution in [1.82, 2.24) is 9.47 Å². The number of aryl methyl sites for hydroxylation is 1. The Hall–Kier alpha value is -3.64. The third-order valence-corrected chi connectivity index (χ3v) is 7.34. The number of nitrogens with zero attached hydrogens (tertiary/aromatic N) is 3. The molecule has 37 heavy (non-hydrogen) atoms. The van der Waals surface area contributed by atoms with Gasteiger partial charge < -0.3 is 9.47 Å². The average Bonchev–Trinajstić information content (AvgIpc) is 3.40. The van der Waals surface area contributed by atoms with Crippen LogP contribution in [0.1, 0.15) is 53.0 Å².